The zero-order chi connectivity index (χ0) is 14.7. The first-order valence-electron chi connectivity index (χ1n) is 7.16. The molecule has 0 aliphatic heterocycles. The average molecular weight is 295 g/mol. The molecule has 2 heterocycles. The van der Waals surface area contributed by atoms with Gasteiger partial charge in [-0.15, -0.1) is 0 Å². The van der Waals surface area contributed by atoms with E-state index in [0.717, 1.165) is 35.9 Å². The summed E-state index contributed by atoms with van der Waals surface area (Å²) < 4.78 is 4.04. The lowest BCUT2D eigenvalue weighted by Crippen LogP contribution is -2.17. The van der Waals surface area contributed by atoms with E-state index in [0.29, 0.717) is 6.04 Å². The molecule has 0 aliphatic carbocycles. The van der Waals surface area contributed by atoms with E-state index in [2.05, 4.69) is 54.2 Å². The van der Waals surface area contributed by atoms with Crippen LogP contribution in [-0.4, -0.2) is 20.9 Å². The summed E-state index contributed by atoms with van der Waals surface area (Å²) in [6.07, 6.45) is 5.13. The van der Waals surface area contributed by atoms with Crippen LogP contribution in [0.5, 0.6) is 0 Å². The predicted molar refractivity (Wildman–Crippen MR) is 83.2 cm³/mol. The molecule has 0 aliphatic rings. The Morgan fingerprint density at radius 2 is 2.15 bits per heavy atom. The van der Waals surface area contributed by atoms with Gasteiger partial charge in [-0.1, -0.05) is 25.4 Å². The fraction of sp³-hybridized carbons (Fsp3) is 0.533. The first kappa shape index (κ1) is 15.1. The molecule has 0 aromatic carbocycles. The van der Waals surface area contributed by atoms with Gasteiger partial charge in [0.05, 0.1) is 23.0 Å². The van der Waals surface area contributed by atoms with Crippen molar-refractivity contribution in [2.45, 2.75) is 39.8 Å². The Balaban J connectivity index is 2.17. The van der Waals surface area contributed by atoms with Gasteiger partial charge in [0.1, 0.15) is 0 Å². The third-order valence-electron chi connectivity index (χ3n) is 3.62. The van der Waals surface area contributed by atoms with Crippen LogP contribution in [0, 0.1) is 0 Å². The van der Waals surface area contributed by atoms with Gasteiger partial charge in [0, 0.05) is 25.5 Å². The Kier molecular flexibility index (Phi) is 4.89. The largest absolute Gasteiger partial charge is 0.348 e. The van der Waals surface area contributed by atoms with Crippen molar-refractivity contribution in [3.05, 3.63) is 40.4 Å². The third-order valence-corrected chi connectivity index (χ3v) is 4.06. The molecule has 110 valence electrons. The van der Waals surface area contributed by atoms with E-state index in [1.807, 2.05) is 11.7 Å². The third kappa shape index (κ3) is 3.07. The van der Waals surface area contributed by atoms with E-state index in [1.54, 1.807) is 0 Å². The topological polar surface area (TPSA) is 34.8 Å². The second kappa shape index (κ2) is 6.46. The van der Waals surface area contributed by atoms with Gasteiger partial charge in [0.25, 0.3) is 0 Å². The summed E-state index contributed by atoms with van der Waals surface area (Å²) in [4.78, 5) is 0. The van der Waals surface area contributed by atoms with E-state index in [9.17, 15) is 0 Å². The van der Waals surface area contributed by atoms with E-state index in [4.69, 9.17) is 11.6 Å². The van der Waals surface area contributed by atoms with Crippen molar-refractivity contribution >= 4 is 11.6 Å². The van der Waals surface area contributed by atoms with Crippen molar-refractivity contribution < 1.29 is 0 Å². The molecule has 1 atom stereocenters. The van der Waals surface area contributed by atoms with E-state index < -0.39 is 0 Å². The first-order chi connectivity index (χ1) is 9.56. The van der Waals surface area contributed by atoms with E-state index in [-0.39, 0.29) is 0 Å². The van der Waals surface area contributed by atoms with Crippen LogP contribution in [0.2, 0.25) is 5.02 Å². The minimum atomic E-state index is 0.370. The fourth-order valence-corrected chi connectivity index (χ4v) is 2.76. The quantitative estimate of drug-likeness (QED) is 0.888. The summed E-state index contributed by atoms with van der Waals surface area (Å²) in [5, 5.41) is 8.67. The molecule has 0 radical (unpaired) electrons. The lowest BCUT2D eigenvalue weighted by molar-refractivity contribution is 0.595. The fourth-order valence-electron chi connectivity index (χ4n) is 2.40. The minimum Gasteiger partial charge on any atom is -0.348 e. The highest BCUT2D eigenvalue weighted by Gasteiger charge is 2.14. The molecule has 5 heteroatoms. The standard InChI is InChI=1S/C15H23ClN4/c1-5-13-15(16)14(19(4)18-13)10-20-8-7-12(9-20)11(3)17-6-2/h7-9,11,17H,5-6,10H2,1-4H3. The maximum absolute atomic E-state index is 6.39. The number of hydrogen-bond acceptors (Lipinski definition) is 2. The summed E-state index contributed by atoms with van der Waals surface area (Å²) >= 11 is 6.39. The van der Waals surface area contributed by atoms with Gasteiger partial charge >= 0.3 is 0 Å². The average Bonchev–Trinajstić information content (AvgIpc) is 2.99. The number of nitrogens with zero attached hydrogens (tertiary/aromatic N) is 3. The molecule has 0 amide bonds. The summed E-state index contributed by atoms with van der Waals surface area (Å²) in [7, 11) is 1.95. The predicted octanol–water partition coefficient (Wildman–Crippen LogP) is 3.16. The molecule has 2 aromatic rings. The zero-order valence-electron chi connectivity index (χ0n) is 12.7. The minimum absolute atomic E-state index is 0.370. The highest BCUT2D eigenvalue weighted by molar-refractivity contribution is 6.31. The van der Waals surface area contributed by atoms with Crippen LogP contribution in [0.15, 0.2) is 18.5 Å². The molecular formula is C15H23ClN4. The molecule has 0 saturated carbocycles. The molecule has 0 saturated heterocycles. The second-order valence-corrected chi connectivity index (χ2v) is 5.46. The lowest BCUT2D eigenvalue weighted by Gasteiger charge is -2.10. The molecule has 0 spiro atoms. The highest BCUT2D eigenvalue weighted by Crippen LogP contribution is 2.22. The number of rotatable bonds is 6. The summed E-state index contributed by atoms with van der Waals surface area (Å²) in [5.41, 5.74) is 3.32. The molecular weight excluding hydrogens is 272 g/mol. The van der Waals surface area contributed by atoms with Crippen LogP contribution in [-0.2, 0) is 20.0 Å². The number of hydrogen-bond donors (Lipinski definition) is 1. The van der Waals surface area contributed by atoms with Crippen LogP contribution in [0.4, 0.5) is 0 Å². The Morgan fingerprint density at radius 1 is 1.40 bits per heavy atom. The van der Waals surface area contributed by atoms with Crippen LogP contribution >= 0.6 is 11.6 Å². The molecule has 0 fully saturated rings. The van der Waals surface area contributed by atoms with Gasteiger partial charge < -0.3 is 9.88 Å². The molecule has 1 unspecified atom stereocenters. The van der Waals surface area contributed by atoms with Gasteiger partial charge in [0.15, 0.2) is 0 Å². The number of halogens is 1. The lowest BCUT2D eigenvalue weighted by atomic mass is 10.2. The van der Waals surface area contributed by atoms with Crippen molar-refractivity contribution in [2.75, 3.05) is 6.54 Å². The molecule has 0 bridgehead atoms. The number of aromatic nitrogens is 3. The summed E-state index contributed by atoms with van der Waals surface area (Å²) in [6.45, 7) is 8.09. The first-order valence-corrected chi connectivity index (χ1v) is 7.53. The normalized spacial score (nSPS) is 12.8. The molecule has 4 nitrogen and oxygen atoms in total. The molecule has 1 N–H and O–H groups in total. The van der Waals surface area contributed by atoms with Crippen LogP contribution in [0.25, 0.3) is 0 Å². The van der Waals surface area contributed by atoms with E-state index in [1.165, 1.54) is 5.56 Å². The smallest absolute Gasteiger partial charge is 0.0868 e. The van der Waals surface area contributed by atoms with Crippen LogP contribution in [0.1, 0.15) is 43.8 Å². The molecule has 2 rings (SSSR count). The molecule has 2 aromatic heterocycles. The maximum Gasteiger partial charge on any atom is 0.0868 e. The van der Waals surface area contributed by atoms with Crippen molar-refractivity contribution in [3.8, 4) is 0 Å². The van der Waals surface area contributed by atoms with Crippen LogP contribution < -0.4 is 5.32 Å². The van der Waals surface area contributed by atoms with Crippen molar-refractivity contribution in [1.29, 1.82) is 0 Å². The monoisotopic (exact) mass is 294 g/mol. The Hall–Kier alpha value is -1.26. The van der Waals surface area contributed by atoms with Crippen LogP contribution in [0.3, 0.4) is 0 Å². The van der Waals surface area contributed by atoms with Crippen molar-refractivity contribution in [2.24, 2.45) is 7.05 Å². The van der Waals surface area contributed by atoms with Gasteiger partial charge in [-0.05, 0) is 31.5 Å². The Bertz CT molecular complexity index is 570. The number of aryl methyl sites for hydroxylation is 2. The van der Waals surface area contributed by atoms with Gasteiger partial charge in [-0.2, -0.15) is 5.10 Å². The second-order valence-electron chi connectivity index (χ2n) is 5.08. The Morgan fingerprint density at radius 3 is 2.75 bits per heavy atom. The van der Waals surface area contributed by atoms with Gasteiger partial charge in [-0.3, -0.25) is 4.68 Å². The summed E-state index contributed by atoms with van der Waals surface area (Å²) in [5.74, 6) is 0. The maximum atomic E-state index is 6.39. The van der Waals surface area contributed by atoms with Crippen molar-refractivity contribution in [3.63, 3.8) is 0 Å². The Labute approximate surface area is 125 Å². The zero-order valence-corrected chi connectivity index (χ0v) is 13.4. The highest BCUT2D eigenvalue weighted by atomic mass is 35.5. The van der Waals surface area contributed by atoms with Gasteiger partial charge in [-0.25, -0.2) is 0 Å². The summed E-state index contributed by atoms with van der Waals surface area (Å²) in [6, 6.07) is 2.52. The van der Waals surface area contributed by atoms with E-state index >= 15 is 0 Å². The van der Waals surface area contributed by atoms with Crippen molar-refractivity contribution in [1.82, 2.24) is 19.7 Å². The SMILES string of the molecule is CCNC(C)c1ccn(Cc2c(Cl)c(CC)nn2C)c1. The number of nitrogens with one attached hydrogen (secondary N) is 1. The molecule has 20 heavy (non-hydrogen) atoms. The van der Waals surface area contributed by atoms with Gasteiger partial charge in [0.2, 0.25) is 0 Å².